The van der Waals surface area contributed by atoms with Gasteiger partial charge in [0.1, 0.15) is 5.75 Å². The number of para-hydroxylation sites is 1. The Balaban J connectivity index is 1.17. The smallest absolute Gasteiger partial charge is 0.339 e. The van der Waals surface area contributed by atoms with Crippen molar-refractivity contribution < 1.29 is 28.7 Å². The summed E-state index contributed by atoms with van der Waals surface area (Å²) in [5.41, 5.74) is 2.58. The van der Waals surface area contributed by atoms with Crippen molar-refractivity contribution in [1.82, 2.24) is 4.98 Å². The van der Waals surface area contributed by atoms with E-state index in [-0.39, 0.29) is 46.8 Å². The lowest BCUT2D eigenvalue weighted by molar-refractivity contribution is -0.123. The molecule has 0 radical (unpaired) electrons. The fraction of sp³-hybridized carbons (Fsp3) is 0.229. The van der Waals surface area contributed by atoms with Gasteiger partial charge in [-0.2, -0.15) is 0 Å². The molecule has 1 aromatic heterocycles. The van der Waals surface area contributed by atoms with Gasteiger partial charge in [0.25, 0.3) is 0 Å². The first kappa shape index (κ1) is 28.0. The maximum atomic E-state index is 13.5. The second-order valence-electron chi connectivity index (χ2n) is 11.4. The Kier molecular flexibility index (Phi) is 6.81. The van der Waals surface area contributed by atoms with Crippen LogP contribution >= 0.6 is 11.6 Å². The van der Waals surface area contributed by atoms with Gasteiger partial charge in [-0.25, -0.2) is 9.78 Å². The number of imide groups is 1. The van der Waals surface area contributed by atoms with Crippen LogP contribution in [0.3, 0.4) is 0 Å². The van der Waals surface area contributed by atoms with Crippen LogP contribution in [0.25, 0.3) is 22.2 Å². The number of methoxy groups -OCH3 is 1. The van der Waals surface area contributed by atoms with E-state index >= 15 is 0 Å². The van der Waals surface area contributed by atoms with Crippen LogP contribution in [0.1, 0.15) is 34.1 Å². The van der Waals surface area contributed by atoms with E-state index in [4.69, 9.17) is 26.1 Å². The first-order valence-electron chi connectivity index (χ1n) is 14.4. The molecule has 1 aliphatic heterocycles. The van der Waals surface area contributed by atoms with Crippen LogP contribution in [0.4, 0.5) is 5.69 Å². The fourth-order valence-electron chi connectivity index (χ4n) is 6.74. The van der Waals surface area contributed by atoms with Gasteiger partial charge in [0.2, 0.25) is 17.6 Å². The number of allylic oxidation sites excluding steroid dienone is 2. The van der Waals surface area contributed by atoms with Crippen molar-refractivity contribution in [2.75, 3.05) is 12.0 Å². The van der Waals surface area contributed by atoms with E-state index in [1.54, 1.807) is 72.8 Å². The van der Waals surface area contributed by atoms with Gasteiger partial charge < -0.3 is 9.47 Å². The highest BCUT2D eigenvalue weighted by Crippen LogP contribution is 2.53. The van der Waals surface area contributed by atoms with Gasteiger partial charge in [0, 0.05) is 16.5 Å². The number of Topliss-reactive ketones (excluding diaryl/α,β-unsaturated/α-hetero) is 1. The van der Waals surface area contributed by atoms with E-state index < -0.39 is 12.1 Å². The lowest BCUT2D eigenvalue weighted by Crippen LogP contribution is -2.32. The Hall–Kier alpha value is -4.82. The fourth-order valence-corrected chi connectivity index (χ4v) is 6.95. The number of benzene rings is 3. The number of anilines is 1. The van der Waals surface area contributed by atoms with Crippen molar-refractivity contribution in [3.63, 3.8) is 0 Å². The first-order chi connectivity index (χ1) is 21.2. The molecule has 2 heterocycles. The Morgan fingerprint density at radius 2 is 1.59 bits per heavy atom. The van der Waals surface area contributed by atoms with E-state index in [0.717, 1.165) is 6.42 Å². The van der Waals surface area contributed by atoms with Crippen LogP contribution in [0.2, 0.25) is 5.02 Å². The largest absolute Gasteiger partial charge is 0.497 e. The summed E-state index contributed by atoms with van der Waals surface area (Å²) >= 11 is 6.51. The van der Waals surface area contributed by atoms with Crippen molar-refractivity contribution in [2.45, 2.75) is 19.4 Å². The second-order valence-corrected chi connectivity index (χ2v) is 11.8. The molecule has 44 heavy (non-hydrogen) atoms. The standard InChI is InChI=1S/C35H27ClN2O6/c1-18(32(39)20-10-14-24(43-2)15-11-20)44-35(42)26-17-28(37-31-25(26)4-3-5-27(31)36)19-8-12-23(13-9-19)38-33(40)29-21-6-7-22(16-21)30(29)34(38)41/h3-15,17-18,21-22,29-30H,16H2,1-2H3. The maximum absolute atomic E-state index is 13.5. The summed E-state index contributed by atoms with van der Waals surface area (Å²) in [6.45, 7) is 1.52. The van der Waals surface area contributed by atoms with Crippen LogP contribution in [0.5, 0.6) is 5.75 Å². The topological polar surface area (TPSA) is 103 Å². The van der Waals surface area contributed by atoms with Crippen molar-refractivity contribution in [2.24, 2.45) is 23.7 Å². The molecule has 7 rings (SSSR count). The average molecular weight is 607 g/mol. The molecule has 2 amide bonds. The molecule has 1 saturated carbocycles. The molecule has 0 spiro atoms. The SMILES string of the molecule is COc1ccc(C(=O)C(C)OC(=O)c2cc(-c3ccc(N4C(=O)C5C6C=CC(C6)C5C4=O)cc3)nc3c(Cl)cccc23)cc1. The molecule has 3 aromatic carbocycles. The zero-order chi connectivity index (χ0) is 30.7. The summed E-state index contributed by atoms with van der Waals surface area (Å²) in [6, 6.07) is 20.2. The number of hydrogen-bond donors (Lipinski definition) is 0. The number of ketones is 1. The zero-order valence-electron chi connectivity index (χ0n) is 23.9. The number of ether oxygens (including phenoxy) is 2. The van der Waals surface area contributed by atoms with Gasteiger partial charge in [-0.1, -0.05) is 48.0 Å². The number of amides is 2. The third-order valence-electron chi connectivity index (χ3n) is 8.93. The third kappa shape index (κ3) is 4.48. The number of pyridine rings is 1. The molecule has 0 N–H and O–H groups in total. The van der Waals surface area contributed by atoms with E-state index in [0.29, 0.717) is 44.2 Å². The lowest BCUT2D eigenvalue weighted by Gasteiger charge is -2.18. The number of carbonyl (C=O) groups is 4. The molecule has 9 heteroatoms. The number of aromatic nitrogens is 1. The molecule has 2 bridgehead atoms. The quantitative estimate of drug-likeness (QED) is 0.105. The minimum absolute atomic E-state index is 0.129. The Labute approximate surface area is 258 Å². The molecule has 2 aliphatic carbocycles. The minimum Gasteiger partial charge on any atom is -0.497 e. The number of carbonyl (C=O) groups excluding carboxylic acids is 4. The van der Waals surface area contributed by atoms with Crippen LogP contribution in [0.15, 0.2) is 84.9 Å². The normalized spacial score (nSPS) is 22.4. The highest BCUT2D eigenvalue weighted by atomic mass is 35.5. The Bertz CT molecular complexity index is 1850. The van der Waals surface area contributed by atoms with E-state index in [2.05, 4.69) is 12.2 Å². The van der Waals surface area contributed by atoms with E-state index in [1.807, 2.05) is 0 Å². The molecule has 4 aromatic rings. The summed E-state index contributed by atoms with van der Waals surface area (Å²) in [6.07, 6.45) is 3.95. The number of halogens is 1. The van der Waals surface area contributed by atoms with Crippen LogP contribution in [-0.4, -0.2) is 41.8 Å². The van der Waals surface area contributed by atoms with Crippen LogP contribution in [0, 0.1) is 23.7 Å². The zero-order valence-corrected chi connectivity index (χ0v) is 24.7. The molecule has 5 unspecified atom stereocenters. The molecule has 2 fully saturated rings. The van der Waals surface area contributed by atoms with Gasteiger partial charge in [0.05, 0.1) is 46.4 Å². The lowest BCUT2D eigenvalue weighted by atomic mass is 9.85. The summed E-state index contributed by atoms with van der Waals surface area (Å²) in [4.78, 5) is 59.1. The van der Waals surface area contributed by atoms with Gasteiger partial charge in [0.15, 0.2) is 6.10 Å². The van der Waals surface area contributed by atoms with E-state index in [9.17, 15) is 19.2 Å². The van der Waals surface area contributed by atoms with Crippen molar-refractivity contribution >= 4 is 51.8 Å². The predicted molar refractivity (Wildman–Crippen MR) is 165 cm³/mol. The Morgan fingerprint density at radius 1 is 0.932 bits per heavy atom. The maximum Gasteiger partial charge on any atom is 0.339 e. The monoisotopic (exact) mass is 606 g/mol. The number of nitrogens with zero attached hydrogens (tertiary/aromatic N) is 2. The summed E-state index contributed by atoms with van der Waals surface area (Å²) in [5, 5.41) is 0.829. The summed E-state index contributed by atoms with van der Waals surface area (Å²) in [7, 11) is 1.54. The first-order valence-corrected chi connectivity index (χ1v) is 14.8. The van der Waals surface area contributed by atoms with Gasteiger partial charge in [-0.3, -0.25) is 19.3 Å². The molecular weight excluding hydrogens is 580 g/mol. The minimum atomic E-state index is -1.05. The summed E-state index contributed by atoms with van der Waals surface area (Å²) in [5.74, 6) is -1.05. The number of esters is 1. The predicted octanol–water partition coefficient (Wildman–Crippen LogP) is 6.30. The molecule has 8 nitrogen and oxygen atoms in total. The van der Waals surface area contributed by atoms with Gasteiger partial charge in [-0.15, -0.1) is 0 Å². The molecular formula is C35H27ClN2O6. The number of rotatable bonds is 7. The molecule has 3 aliphatic rings. The van der Waals surface area contributed by atoms with Crippen LogP contribution < -0.4 is 9.64 Å². The molecule has 5 atom stereocenters. The average Bonchev–Trinajstić information content (AvgIpc) is 3.74. The van der Waals surface area contributed by atoms with Gasteiger partial charge >= 0.3 is 5.97 Å². The van der Waals surface area contributed by atoms with Crippen LogP contribution in [-0.2, 0) is 14.3 Å². The van der Waals surface area contributed by atoms with Crippen molar-refractivity contribution in [1.29, 1.82) is 0 Å². The number of hydrogen-bond acceptors (Lipinski definition) is 7. The highest BCUT2D eigenvalue weighted by Gasteiger charge is 2.59. The molecule has 1 saturated heterocycles. The van der Waals surface area contributed by atoms with Crippen molar-refractivity contribution in [3.8, 4) is 17.0 Å². The summed E-state index contributed by atoms with van der Waals surface area (Å²) < 4.78 is 10.8. The van der Waals surface area contributed by atoms with E-state index in [1.165, 1.54) is 18.9 Å². The number of fused-ring (bicyclic) bond motifs is 6. The molecule has 220 valence electrons. The Morgan fingerprint density at radius 3 is 2.23 bits per heavy atom. The second kappa shape index (κ2) is 10.7. The van der Waals surface area contributed by atoms with Gasteiger partial charge in [-0.05, 0) is 73.7 Å². The van der Waals surface area contributed by atoms with Crippen molar-refractivity contribution in [3.05, 3.63) is 101 Å². The third-order valence-corrected chi connectivity index (χ3v) is 9.23. The highest BCUT2D eigenvalue weighted by molar-refractivity contribution is 6.35.